The molecule has 0 spiro atoms. The van der Waals surface area contributed by atoms with Crippen molar-refractivity contribution in [2.24, 2.45) is 0 Å². The summed E-state index contributed by atoms with van der Waals surface area (Å²) in [6.45, 7) is 4.04. The highest BCUT2D eigenvalue weighted by Gasteiger charge is 2.28. The number of hydrogen-bond donors (Lipinski definition) is 2. The summed E-state index contributed by atoms with van der Waals surface area (Å²) in [5.41, 5.74) is 2.92. The number of aryl methyl sites for hydroxylation is 2. The van der Waals surface area contributed by atoms with Crippen LogP contribution in [0.1, 0.15) is 30.0 Å². The van der Waals surface area contributed by atoms with Crippen molar-refractivity contribution in [3.05, 3.63) is 39.8 Å². The topological polar surface area (TPSA) is 79.8 Å². The van der Waals surface area contributed by atoms with Gasteiger partial charge in [0, 0.05) is 11.7 Å². The second kappa shape index (κ2) is 6.00. The number of benzene rings is 1. The molecule has 3 rings (SSSR count). The lowest BCUT2D eigenvalue weighted by atomic mass is 10.1. The maximum atomic E-state index is 12.0. The first-order valence-corrected chi connectivity index (χ1v) is 8.20. The Morgan fingerprint density at radius 2 is 2.18 bits per heavy atom. The van der Waals surface area contributed by atoms with Crippen molar-refractivity contribution in [2.45, 2.75) is 37.9 Å². The van der Waals surface area contributed by atoms with E-state index in [1.807, 2.05) is 32.0 Å². The van der Waals surface area contributed by atoms with Crippen LogP contribution in [0.2, 0.25) is 0 Å². The van der Waals surface area contributed by atoms with E-state index in [0.717, 1.165) is 24.1 Å². The van der Waals surface area contributed by atoms with Crippen LogP contribution in [0.25, 0.3) is 0 Å². The van der Waals surface area contributed by atoms with E-state index >= 15 is 0 Å². The third kappa shape index (κ3) is 3.24. The molecule has 1 saturated carbocycles. The largest absolute Gasteiger partial charge is 0.344 e. The number of carbonyl (C=O) groups is 1. The third-order valence-electron chi connectivity index (χ3n) is 3.71. The molecule has 7 heteroatoms. The lowest BCUT2D eigenvalue weighted by Crippen LogP contribution is -2.18. The number of anilines is 1. The van der Waals surface area contributed by atoms with Crippen molar-refractivity contribution in [1.29, 1.82) is 0 Å². The summed E-state index contributed by atoms with van der Waals surface area (Å²) in [6.07, 6.45) is 2.00. The minimum Gasteiger partial charge on any atom is -0.325 e. The molecule has 1 aliphatic carbocycles. The van der Waals surface area contributed by atoms with Crippen LogP contribution in [0.3, 0.4) is 0 Å². The monoisotopic (exact) mass is 318 g/mol. The van der Waals surface area contributed by atoms with Gasteiger partial charge in [0.15, 0.2) is 5.16 Å². The predicted molar refractivity (Wildman–Crippen MR) is 86.4 cm³/mol. The number of thioether (sulfide) groups is 1. The molecule has 6 nitrogen and oxygen atoms in total. The Morgan fingerprint density at radius 3 is 2.86 bits per heavy atom. The van der Waals surface area contributed by atoms with Crippen molar-refractivity contribution in [2.75, 3.05) is 11.1 Å². The predicted octanol–water partition coefficient (Wildman–Crippen LogP) is 2.25. The fourth-order valence-corrected chi connectivity index (χ4v) is 3.01. The van der Waals surface area contributed by atoms with E-state index in [9.17, 15) is 9.59 Å². The van der Waals surface area contributed by atoms with Crippen LogP contribution in [0, 0.1) is 13.8 Å². The summed E-state index contributed by atoms with van der Waals surface area (Å²) in [5.74, 6) is 0.121. The van der Waals surface area contributed by atoms with Crippen LogP contribution in [0.15, 0.2) is 28.2 Å². The molecule has 0 radical (unpaired) electrons. The molecule has 0 atom stereocenters. The summed E-state index contributed by atoms with van der Waals surface area (Å²) in [4.78, 5) is 23.7. The molecule has 116 valence electrons. The Bertz CT molecular complexity index is 761. The number of aromatic nitrogens is 3. The second-order valence-corrected chi connectivity index (χ2v) is 6.49. The van der Waals surface area contributed by atoms with Gasteiger partial charge in [0.05, 0.1) is 5.75 Å². The molecular weight excluding hydrogens is 300 g/mol. The molecule has 0 aliphatic heterocycles. The summed E-state index contributed by atoms with van der Waals surface area (Å²) in [7, 11) is 0. The average molecular weight is 318 g/mol. The van der Waals surface area contributed by atoms with Gasteiger partial charge in [-0.15, -0.1) is 5.10 Å². The van der Waals surface area contributed by atoms with Gasteiger partial charge in [0.25, 0.3) is 0 Å². The van der Waals surface area contributed by atoms with E-state index in [1.54, 1.807) is 4.57 Å². The van der Waals surface area contributed by atoms with Gasteiger partial charge in [0.1, 0.15) is 0 Å². The van der Waals surface area contributed by atoms with Crippen LogP contribution in [-0.4, -0.2) is 26.4 Å². The first kappa shape index (κ1) is 14.9. The highest BCUT2D eigenvalue weighted by molar-refractivity contribution is 7.99. The maximum Gasteiger partial charge on any atom is 0.344 e. The molecule has 22 heavy (non-hydrogen) atoms. The zero-order valence-electron chi connectivity index (χ0n) is 12.5. The van der Waals surface area contributed by atoms with Gasteiger partial charge in [-0.3, -0.25) is 9.36 Å². The summed E-state index contributed by atoms with van der Waals surface area (Å²) >= 11 is 1.28. The van der Waals surface area contributed by atoms with Gasteiger partial charge >= 0.3 is 5.69 Å². The molecule has 2 aromatic rings. The summed E-state index contributed by atoms with van der Waals surface area (Å²) in [6, 6.07) is 6.07. The van der Waals surface area contributed by atoms with Gasteiger partial charge in [-0.1, -0.05) is 17.8 Å². The fraction of sp³-hybridized carbons (Fsp3) is 0.400. The highest BCUT2D eigenvalue weighted by atomic mass is 32.2. The van der Waals surface area contributed by atoms with Crippen LogP contribution < -0.4 is 11.0 Å². The Balaban J connectivity index is 1.60. The van der Waals surface area contributed by atoms with Crippen LogP contribution >= 0.6 is 11.8 Å². The summed E-state index contributed by atoms with van der Waals surface area (Å²) < 4.78 is 1.65. The molecule has 1 amide bonds. The summed E-state index contributed by atoms with van der Waals surface area (Å²) in [5, 5.41) is 9.89. The molecule has 0 unspecified atom stereocenters. The standard InChI is InChI=1S/C15H18N4O2S/c1-9-3-4-11(7-10(9)2)16-13(20)8-22-15-18-17-14(21)19(15)12-5-6-12/h3-4,7,12H,5-6,8H2,1-2H3,(H,16,20)(H,17,21). The Hall–Kier alpha value is -2.02. The van der Waals surface area contributed by atoms with E-state index in [2.05, 4.69) is 15.5 Å². The van der Waals surface area contributed by atoms with Crippen LogP contribution in [0.5, 0.6) is 0 Å². The smallest absolute Gasteiger partial charge is 0.325 e. The Morgan fingerprint density at radius 1 is 1.41 bits per heavy atom. The van der Waals surface area contributed by atoms with E-state index in [0.29, 0.717) is 5.16 Å². The molecule has 1 aromatic heterocycles. The van der Waals surface area contributed by atoms with Crippen molar-refractivity contribution in [3.63, 3.8) is 0 Å². The number of amides is 1. The number of nitrogens with zero attached hydrogens (tertiary/aromatic N) is 2. The Labute approximate surface area is 132 Å². The minimum atomic E-state index is -0.195. The average Bonchev–Trinajstić information content (AvgIpc) is 3.24. The number of carbonyl (C=O) groups excluding carboxylic acids is 1. The van der Waals surface area contributed by atoms with E-state index in [4.69, 9.17) is 0 Å². The third-order valence-corrected chi connectivity index (χ3v) is 4.66. The van der Waals surface area contributed by atoms with Crippen LogP contribution in [-0.2, 0) is 4.79 Å². The van der Waals surface area contributed by atoms with E-state index in [-0.39, 0.29) is 23.4 Å². The first-order valence-electron chi connectivity index (χ1n) is 7.21. The zero-order valence-corrected chi connectivity index (χ0v) is 13.4. The molecule has 1 aliphatic rings. The highest BCUT2D eigenvalue weighted by Crippen LogP contribution is 2.35. The molecule has 1 aromatic carbocycles. The van der Waals surface area contributed by atoms with E-state index in [1.165, 1.54) is 17.3 Å². The zero-order chi connectivity index (χ0) is 15.7. The van der Waals surface area contributed by atoms with Crippen molar-refractivity contribution < 1.29 is 4.79 Å². The molecular formula is C15H18N4O2S. The van der Waals surface area contributed by atoms with Gasteiger partial charge in [-0.05, 0) is 49.9 Å². The number of nitrogens with one attached hydrogen (secondary N) is 2. The SMILES string of the molecule is Cc1ccc(NC(=O)CSc2n[nH]c(=O)n2C2CC2)cc1C. The van der Waals surface area contributed by atoms with Crippen molar-refractivity contribution in [1.82, 2.24) is 14.8 Å². The minimum absolute atomic E-state index is 0.106. The van der Waals surface area contributed by atoms with Gasteiger partial charge < -0.3 is 5.32 Å². The maximum absolute atomic E-state index is 12.0. The normalized spacial score (nSPS) is 14.1. The lowest BCUT2D eigenvalue weighted by Gasteiger charge is -2.07. The molecule has 0 saturated heterocycles. The fourth-order valence-electron chi connectivity index (χ4n) is 2.19. The van der Waals surface area contributed by atoms with E-state index < -0.39 is 0 Å². The molecule has 1 fully saturated rings. The number of H-pyrrole nitrogens is 1. The van der Waals surface area contributed by atoms with Gasteiger partial charge in [-0.25, -0.2) is 9.89 Å². The number of aromatic amines is 1. The van der Waals surface area contributed by atoms with Crippen molar-refractivity contribution >= 4 is 23.4 Å². The first-order chi connectivity index (χ1) is 10.5. The Kier molecular flexibility index (Phi) is 4.06. The van der Waals surface area contributed by atoms with Gasteiger partial charge in [-0.2, -0.15) is 0 Å². The molecule has 0 bridgehead atoms. The number of rotatable bonds is 5. The number of hydrogen-bond acceptors (Lipinski definition) is 4. The van der Waals surface area contributed by atoms with Crippen molar-refractivity contribution in [3.8, 4) is 0 Å². The molecule has 2 N–H and O–H groups in total. The lowest BCUT2D eigenvalue weighted by molar-refractivity contribution is -0.113. The van der Waals surface area contributed by atoms with Crippen LogP contribution in [0.4, 0.5) is 5.69 Å². The quantitative estimate of drug-likeness (QED) is 0.829. The van der Waals surface area contributed by atoms with Gasteiger partial charge in [0.2, 0.25) is 5.91 Å². The second-order valence-electron chi connectivity index (χ2n) is 5.55. The molecule has 1 heterocycles.